The zero-order valence-corrected chi connectivity index (χ0v) is 18.9. The van der Waals surface area contributed by atoms with Crippen LogP contribution in [0.4, 0.5) is 19.3 Å². The highest BCUT2D eigenvalue weighted by molar-refractivity contribution is 5.91. The van der Waals surface area contributed by atoms with E-state index in [9.17, 15) is 18.7 Å². The van der Waals surface area contributed by atoms with Crippen molar-refractivity contribution in [2.75, 3.05) is 18.4 Å². The SMILES string of the molecule is O=C(O)Nc1cccc(CC2C3CCC2CN(Cc2ccccc2)C3)c1-c1ccc(F)c(F)c1. The third kappa shape index (κ3) is 4.68. The molecule has 3 aromatic rings. The lowest BCUT2D eigenvalue weighted by Crippen LogP contribution is -2.42. The largest absolute Gasteiger partial charge is 0.465 e. The molecule has 1 saturated heterocycles. The number of hydrogen-bond donors (Lipinski definition) is 2. The lowest BCUT2D eigenvalue weighted by atomic mass is 9.79. The number of carboxylic acid groups (broad SMARTS) is 1. The molecule has 6 heteroatoms. The smallest absolute Gasteiger partial charge is 0.409 e. The molecule has 2 atom stereocenters. The van der Waals surface area contributed by atoms with Gasteiger partial charge < -0.3 is 5.11 Å². The van der Waals surface area contributed by atoms with Crippen LogP contribution < -0.4 is 5.32 Å². The number of likely N-dealkylation sites (tertiary alicyclic amines) is 1. The maximum atomic E-state index is 14.1. The summed E-state index contributed by atoms with van der Waals surface area (Å²) in [4.78, 5) is 14.0. The highest BCUT2D eigenvalue weighted by Crippen LogP contribution is 2.45. The van der Waals surface area contributed by atoms with Crippen LogP contribution in [0.5, 0.6) is 0 Å². The Morgan fingerprint density at radius 2 is 1.68 bits per heavy atom. The van der Waals surface area contributed by atoms with Crippen molar-refractivity contribution < 1.29 is 18.7 Å². The predicted molar refractivity (Wildman–Crippen MR) is 129 cm³/mol. The zero-order chi connectivity index (χ0) is 23.7. The molecule has 1 aliphatic carbocycles. The first kappa shape index (κ1) is 22.5. The second-order valence-electron chi connectivity index (χ2n) is 9.54. The predicted octanol–water partition coefficient (Wildman–Crippen LogP) is 6.42. The number of hydrogen-bond acceptors (Lipinski definition) is 2. The molecule has 3 aromatic carbocycles. The summed E-state index contributed by atoms with van der Waals surface area (Å²) < 4.78 is 27.7. The Hall–Kier alpha value is -3.25. The van der Waals surface area contributed by atoms with E-state index in [-0.39, 0.29) is 0 Å². The molecule has 5 rings (SSSR count). The van der Waals surface area contributed by atoms with Gasteiger partial charge in [0.05, 0.1) is 5.69 Å². The topological polar surface area (TPSA) is 52.6 Å². The van der Waals surface area contributed by atoms with Gasteiger partial charge in [0.25, 0.3) is 0 Å². The van der Waals surface area contributed by atoms with E-state index >= 15 is 0 Å². The van der Waals surface area contributed by atoms with Crippen LogP contribution in [-0.2, 0) is 13.0 Å². The van der Waals surface area contributed by atoms with Crippen molar-refractivity contribution in [2.45, 2.75) is 25.8 Å². The average molecular weight is 463 g/mol. The third-order valence-corrected chi connectivity index (χ3v) is 7.41. The molecule has 2 bridgehead atoms. The Balaban J connectivity index is 1.41. The number of fused-ring (bicyclic) bond motifs is 2. The van der Waals surface area contributed by atoms with E-state index in [1.54, 1.807) is 6.07 Å². The van der Waals surface area contributed by atoms with Gasteiger partial charge in [-0.2, -0.15) is 0 Å². The molecule has 2 aliphatic rings. The zero-order valence-electron chi connectivity index (χ0n) is 18.9. The first-order chi connectivity index (χ1) is 16.5. The van der Waals surface area contributed by atoms with Gasteiger partial charge in [0.2, 0.25) is 0 Å². The molecule has 176 valence electrons. The number of carbonyl (C=O) groups is 1. The molecule has 1 aliphatic heterocycles. The summed E-state index contributed by atoms with van der Waals surface area (Å²) in [6.07, 6.45) is 1.98. The van der Waals surface area contributed by atoms with E-state index in [1.165, 1.54) is 24.5 Å². The summed E-state index contributed by atoms with van der Waals surface area (Å²) in [6.45, 7) is 3.05. The molecule has 2 fully saturated rings. The Morgan fingerprint density at radius 1 is 0.941 bits per heavy atom. The van der Waals surface area contributed by atoms with E-state index in [2.05, 4.69) is 34.5 Å². The molecule has 1 heterocycles. The van der Waals surface area contributed by atoms with Crippen LogP contribution in [0.1, 0.15) is 24.0 Å². The second-order valence-corrected chi connectivity index (χ2v) is 9.54. The number of anilines is 1. The fraction of sp³-hybridized carbons (Fsp3) is 0.321. The minimum Gasteiger partial charge on any atom is -0.465 e. The lowest BCUT2D eigenvalue weighted by Gasteiger charge is -2.38. The summed E-state index contributed by atoms with van der Waals surface area (Å²) in [6, 6.07) is 19.8. The first-order valence-corrected chi connectivity index (χ1v) is 11.8. The Bertz CT molecular complexity index is 1170. The van der Waals surface area contributed by atoms with Crippen LogP contribution in [0.15, 0.2) is 66.7 Å². The van der Waals surface area contributed by atoms with Crippen LogP contribution in [0.3, 0.4) is 0 Å². The van der Waals surface area contributed by atoms with Crippen LogP contribution in [0.2, 0.25) is 0 Å². The average Bonchev–Trinajstić information content (AvgIpc) is 3.04. The van der Waals surface area contributed by atoms with Gasteiger partial charge in [-0.25, -0.2) is 13.6 Å². The van der Waals surface area contributed by atoms with Crippen molar-refractivity contribution in [1.29, 1.82) is 0 Å². The van der Waals surface area contributed by atoms with Gasteiger partial charge in [0.1, 0.15) is 0 Å². The number of piperidine rings is 1. The molecule has 0 aromatic heterocycles. The maximum absolute atomic E-state index is 14.1. The fourth-order valence-corrected chi connectivity index (χ4v) is 5.97. The van der Waals surface area contributed by atoms with Gasteiger partial charge in [0, 0.05) is 25.2 Å². The second kappa shape index (κ2) is 9.55. The van der Waals surface area contributed by atoms with Gasteiger partial charge in [-0.05, 0) is 71.9 Å². The summed E-state index contributed by atoms with van der Waals surface area (Å²) in [5, 5.41) is 11.8. The normalized spacial score (nSPS) is 22.0. The quantitative estimate of drug-likeness (QED) is 0.444. The summed E-state index contributed by atoms with van der Waals surface area (Å²) in [5.74, 6) is -0.246. The third-order valence-electron chi connectivity index (χ3n) is 7.41. The summed E-state index contributed by atoms with van der Waals surface area (Å²) in [5.41, 5.74) is 3.80. The van der Waals surface area contributed by atoms with E-state index in [0.29, 0.717) is 34.6 Å². The minimum atomic E-state index is -1.18. The van der Waals surface area contributed by atoms with E-state index in [1.807, 2.05) is 18.2 Å². The molecule has 2 N–H and O–H groups in total. The molecule has 1 saturated carbocycles. The van der Waals surface area contributed by atoms with Crippen molar-refractivity contribution in [3.63, 3.8) is 0 Å². The molecular weight excluding hydrogens is 434 g/mol. The maximum Gasteiger partial charge on any atom is 0.409 e. The molecule has 34 heavy (non-hydrogen) atoms. The highest BCUT2D eigenvalue weighted by Gasteiger charge is 2.42. The van der Waals surface area contributed by atoms with Crippen molar-refractivity contribution in [3.05, 3.63) is 89.5 Å². The van der Waals surface area contributed by atoms with Gasteiger partial charge in [0.15, 0.2) is 11.6 Å². The number of nitrogens with one attached hydrogen (secondary N) is 1. The first-order valence-electron chi connectivity index (χ1n) is 11.8. The van der Waals surface area contributed by atoms with Crippen molar-refractivity contribution in [3.8, 4) is 11.1 Å². The van der Waals surface area contributed by atoms with E-state index in [0.717, 1.165) is 43.8 Å². The molecule has 0 spiro atoms. The highest BCUT2D eigenvalue weighted by atomic mass is 19.2. The van der Waals surface area contributed by atoms with Crippen molar-refractivity contribution in [2.24, 2.45) is 17.8 Å². The van der Waals surface area contributed by atoms with E-state index in [4.69, 9.17) is 0 Å². The Kier molecular flexibility index (Phi) is 6.33. The number of halogens is 2. The fourth-order valence-electron chi connectivity index (χ4n) is 5.97. The number of nitrogens with zero attached hydrogens (tertiary/aromatic N) is 1. The van der Waals surface area contributed by atoms with Crippen LogP contribution in [0, 0.1) is 29.4 Å². The number of amides is 1. The molecule has 0 radical (unpaired) electrons. The Labute approximate surface area is 198 Å². The van der Waals surface area contributed by atoms with Gasteiger partial charge in [-0.1, -0.05) is 48.5 Å². The van der Waals surface area contributed by atoms with Crippen LogP contribution in [-0.4, -0.2) is 29.2 Å². The summed E-state index contributed by atoms with van der Waals surface area (Å²) >= 11 is 0. The molecule has 2 unspecified atom stereocenters. The lowest BCUT2D eigenvalue weighted by molar-refractivity contribution is 0.103. The van der Waals surface area contributed by atoms with Crippen LogP contribution >= 0.6 is 0 Å². The van der Waals surface area contributed by atoms with Gasteiger partial charge in [-0.3, -0.25) is 10.2 Å². The Morgan fingerprint density at radius 3 is 2.35 bits per heavy atom. The monoisotopic (exact) mass is 462 g/mol. The molecule has 4 nitrogen and oxygen atoms in total. The summed E-state index contributed by atoms with van der Waals surface area (Å²) in [7, 11) is 0. The standard InChI is InChI=1S/C28H28F2N2O2/c29-24-12-11-20(14-25(24)30)27-19(7-4-8-26(27)31-28(33)34)13-23-21-9-10-22(23)17-32(16-21)15-18-5-2-1-3-6-18/h1-8,11-12,14,21-23,31H,9-10,13,15-17H2,(H,33,34). The minimum absolute atomic E-state index is 0.393. The number of benzene rings is 3. The van der Waals surface area contributed by atoms with Gasteiger partial charge >= 0.3 is 6.09 Å². The molecular formula is C28H28F2N2O2. The van der Waals surface area contributed by atoms with E-state index < -0.39 is 17.7 Å². The molecule has 1 amide bonds. The van der Waals surface area contributed by atoms with Crippen molar-refractivity contribution >= 4 is 11.8 Å². The van der Waals surface area contributed by atoms with Gasteiger partial charge in [-0.15, -0.1) is 0 Å². The van der Waals surface area contributed by atoms with Crippen LogP contribution in [0.25, 0.3) is 11.1 Å². The number of rotatable bonds is 6. The van der Waals surface area contributed by atoms with Crippen molar-refractivity contribution in [1.82, 2.24) is 4.90 Å².